The van der Waals surface area contributed by atoms with Gasteiger partial charge in [-0.15, -0.1) is 0 Å². The van der Waals surface area contributed by atoms with E-state index < -0.39 is 6.10 Å². The van der Waals surface area contributed by atoms with Gasteiger partial charge in [0, 0.05) is 18.5 Å². The molecule has 2 aliphatic heterocycles. The van der Waals surface area contributed by atoms with Gasteiger partial charge in [-0.1, -0.05) is 48.6 Å². The number of benzene rings is 2. The number of aliphatic hydroxyl groups is 1. The monoisotopic (exact) mass is 349 g/mol. The molecule has 134 valence electrons. The summed E-state index contributed by atoms with van der Waals surface area (Å²) in [7, 11) is 0. The van der Waals surface area contributed by atoms with Gasteiger partial charge in [-0.05, 0) is 30.2 Å². The first-order chi connectivity index (χ1) is 12.8. The molecule has 26 heavy (non-hydrogen) atoms. The van der Waals surface area contributed by atoms with Crippen LogP contribution in [-0.4, -0.2) is 23.9 Å². The SMILES string of the molecule is O[C@H]1C=C[C@@]23CCNCc4ccc(OCc5ccccc5)c(c42)O[C@H]3C1. The summed E-state index contributed by atoms with van der Waals surface area (Å²) in [4.78, 5) is 0. The van der Waals surface area contributed by atoms with E-state index in [9.17, 15) is 5.11 Å². The Morgan fingerprint density at radius 1 is 1.19 bits per heavy atom. The number of hydrogen-bond donors (Lipinski definition) is 2. The van der Waals surface area contributed by atoms with Crippen molar-refractivity contribution in [1.82, 2.24) is 5.32 Å². The molecular formula is C22H23NO3. The molecule has 0 saturated heterocycles. The van der Waals surface area contributed by atoms with Crippen LogP contribution in [-0.2, 0) is 18.6 Å². The number of ether oxygens (including phenoxy) is 2. The topological polar surface area (TPSA) is 50.7 Å². The Kier molecular flexibility index (Phi) is 3.76. The molecule has 4 nitrogen and oxygen atoms in total. The second-order valence-electron chi connectivity index (χ2n) is 7.44. The molecule has 2 heterocycles. The third-order valence-corrected chi connectivity index (χ3v) is 5.85. The minimum absolute atomic E-state index is 0.0300. The molecule has 1 aliphatic carbocycles. The lowest BCUT2D eigenvalue weighted by atomic mass is 9.69. The summed E-state index contributed by atoms with van der Waals surface area (Å²) in [6.07, 6.45) is 5.24. The molecule has 5 rings (SSSR count). The standard InChI is InChI=1S/C22H23NO3/c24-17-8-9-22-10-11-23-13-16-6-7-18(21(20(16)22)26-19(22)12-17)25-14-15-4-2-1-3-5-15/h1-9,17,19,23-24H,10-14H2/t17-,19-,22-/m0/s1. The van der Waals surface area contributed by atoms with E-state index in [-0.39, 0.29) is 11.5 Å². The average Bonchev–Trinajstić information content (AvgIpc) is 2.88. The second-order valence-corrected chi connectivity index (χ2v) is 7.44. The summed E-state index contributed by atoms with van der Waals surface area (Å²) < 4.78 is 12.6. The number of hydrogen-bond acceptors (Lipinski definition) is 4. The molecule has 0 fully saturated rings. The van der Waals surface area contributed by atoms with Crippen LogP contribution in [0.4, 0.5) is 0 Å². The molecule has 3 aliphatic rings. The molecule has 0 unspecified atom stereocenters. The molecule has 0 amide bonds. The van der Waals surface area contributed by atoms with Gasteiger partial charge in [0.25, 0.3) is 0 Å². The molecular weight excluding hydrogens is 326 g/mol. The van der Waals surface area contributed by atoms with Crippen molar-refractivity contribution in [3.05, 3.63) is 71.3 Å². The molecule has 3 atom stereocenters. The smallest absolute Gasteiger partial charge is 0.166 e. The fourth-order valence-corrected chi connectivity index (χ4v) is 4.55. The Hall–Kier alpha value is -2.30. The summed E-state index contributed by atoms with van der Waals surface area (Å²) in [5.41, 5.74) is 3.51. The lowest BCUT2D eigenvalue weighted by molar-refractivity contribution is 0.0845. The lowest BCUT2D eigenvalue weighted by Gasteiger charge is -2.35. The zero-order valence-electron chi connectivity index (χ0n) is 14.7. The van der Waals surface area contributed by atoms with Crippen molar-refractivity contribution in [3.8, 4) is 11.5 Å². The number of aliphatic hydroxyl groups excluding tert-OH is 1. The van der Waals surface area contributed by atoms with Gasteiger partial charge < -0.3 is 19.9 Å². The van der Waals surface area contributed by atoms with Gasteiger partial charge in [-0.25, -0.2) is 0 Å². The Balaban J connectivity index is 1.55. The molecule has 2 aromatic carbocycles. The normalized spacial score (nSPS) is 28.7. The van der Waals surface area contributed by atoms with Crippen LogP contribution in [0.2, 0.25) is 0 Å². The van der Waals surface area contributed by atoms with Crippen LogP contribution >= 0.6 is 0 Å². The minimum atomic E-state index is -0.437. The molecule has 2 N–H and O–H groups in total. The highest BCUT2D eigenvalue weighted by Crippen LogP contribution is 2.55. The maximum Gasteiger partial charge on any atom is 0.166 e. The summed E-state index contributed by atoms with van der Waals surface area (Å²) in [6, 6.07) is 14.4. The van der Waals surface area contributed by atoms with Gasteiger partial charge in [0.1, 0.15) is 12.7 Å². The van der Waals surface area contributed by atoms with Crippen molar-refractivity contribution in [2.75, 3.05) is 6.54 Å². The van der Waals surface area contributed by atoms with Crippen molar-refractivity contribution >= 4 is 0 Å². The summed E-state index contributed by atoms with van der Waals surface area (Å²) in [5.74, 6) is 1.66. The maximum absolute atomic E-state index is 10.1. The van der Waals surface area contributed by atoms with Gasteiger partial charge in [0.15, 0.2) is 11.5 Å². The maximum atomic E-state index is 10.1. The lowest BCUT2D eigenvalue weighted by Crippen LogP contribution is -2.42. The quantitative estimate of drug-likeness (QED) is 0.836. The van der Waals surface area contributed by atoms with E-state index in [0.29, 0.717) is 13.0 Å². The zero-order valence-corrected chi connectivity index (χ0v) is 14.7. The highest BCUT2D eigenvalue weighted by molar-refractivity contribution is 5.61. The fourth-order valence-electron chi connectivity index (χ4n) is 4.55. The summed E-state index contributed by atoms with van der Waals surface area (Å²) >= 11 is 0. The number of nitrogens with one attached hydrogen (secondary N) is 1. The van der Waals surface area contributed by atoms with Crippen molar-refractivity contribution in [1.29, 1.82) is 0 Å². The third kappa shape index (κ3) is 2.44. The van der Waals surface area contributed by atoms with E-state index in [1.54, 1.807) is 0 Å². The first-order valence-electron chi connectivity index (χ1n) is 9.34. The van der Waals surface area contributed by atoms with Crippen molar-refractivity contribution in [3.63, 3.8) is 0 Å². The Bertz CT molecular complexity index is 848. The van der Waals surface area contributed by atoms with Gasteiger partial charge >= 0.3 is 0 Å². The molecule has 0 radical (unpaired) electrons. The van der Waals surface area contributed by atoms with E-state index in [0.717, 1.165) is 36.6 Å². The predicted molar refractivity (Wildman–Crippen MR) is 99.4 cm³/mol. The van der Waals surface area contributed by atoms with Crippen molar-refractivity contribution in [2.24, 2.45) is 0 Å². The zero-order chi connectivity index (χ0) is 17.6. The van der Waals surface area contributed by atoms with Crippen LogP contribution in [0, 0.1) is 0 Å². The van der Waals surface area contributed by atoms with Crippen LogP contribution < -0.4 is 14.8 Å². The Labute approximate surface area is 153 Å². The van der Waals surface area contributed by atoms with Crippen molar-refractivity contribution < 1.29 is 14.6 Å². The molecule has 4 heteroatoms. The first-order valence-corrected chi connectivity index (χ1v) is 9.34. The van der Waals surface area contributed by atoms with E-state index >= 15 is 0 Å². The van der Waals surface area contributed by atoms with Crippen molar-refractivity contribution in [2.45, 2.75) is 43.6 Å². The Morgan fingerprint density at radius 3 is 2.96 bits per heavy atom. The first kappa shape index (κ1) is 15.9. The number of rotatable bonds is 3. The van der Waals surface area contributed by atoms with Gasteiger partial charge in [0.05, 0.1) is 11.5 Å². The van der Waals surface area contributed by atoms with Crippen LogP contribution in [0.15, 0.2) is 54.6 Å². The molecule has 0 saturated carbocycles. The van der Waals surface area contributed by atoms with Crippen LogP contribution in [0.5, 0.6) is 11.5 Å². The second kappa shape index (κ2) is 6.15. The predicted octanol–water partition coefficient (Wildman–Crippen LogP) is 3.08. The van der Waals surface area contributed by atoms with Gasteiger partial charge in [-0.3, -0.25) is 0 Å². The highest BCUT2D eigenvalue weighted by Gasteiger charge is 2.52. The van der Waals surface area contributed by atoms with E-state index in [1.807, 2.05) is 30.3 Å². The minimum Gasteiger partial charge on any atom is -0.485 e. The van der Waals surface area contributed by atoms with Crippen LogP contribution in [0.25, 0.3) is 0 Å². The third-order valence-electron chi connectivity index (χ3n) is 5.85. The van der Waals surface area contributed by atoms with E-state index in [2.05, 4.69) is 29.6 Å². The Morgan fingerprint density at radius 2 is 2.08 bits per heavy atom. The molecule has 0 aromatic heterocycles. The van der Waals surface area contributed by atoms with E-state index in [1.165, 1.54) is 11.1 Å². The average molecular weight is 349 g/mol. The largest absolute Gasteiger partial charge is 0.485 e. The van der Waals surface area contributed by atoms with Crippen LogP contribution in [0.1, 0.15) is 29.5 Å². The summed E-state index contributed by atoms with van der Waals surface area (Å²) in [6.45, 7) is 2.30. The highest BCUT2D eigenvalue weighted by atomic mass is 16.5. The van der Waals surface area contributed by atoms with Crippen LogP contribution in [0.3, 0.4) is 0 Å². The molecule has 2 aromatic rings. The van der Waals surface area contributed by atoms with Gasteiger partial charge in [0.2, 0.25) is 0 Å². The molecule has 1 spiro atoms. The fraction of sp³-hybridized carbons (Fsp3) is 0.364. The molecule has 0 bridgehead atoms. The van der Waals surface area contributed by atoms with Gasteiger partial charge in [-0.2, -0.15) is 0 Å². The van der Waals surface area contributed by atoms with E-state index in [4.69, 9.17) is 9.47 Å². The summed E-state index contributed by atoms with van der Waals surface area (Å²) in [5, 5.41) is 13.6.